The van der Waals surface area contributed by atoms with Crippen LogP contribution in [0.25, 0.3) is 11.1 Å². The average Bonchev–Trinajstić information content (AvgIpc) is 3.43. The van der Waals surface area contributed by atoms with Crippen molar-refractivity contribution >= 4 is 23.0 Å². The number of oxazole rings is 1. The van der Waals surface area contributed by atoms with E-state index >= 15 is 0 Å². The maximum atomic E-state index is 12.7. The molecule has 2 fully saturated rings. The molecular formula is C23H25N3O2. The molecule has 0 spiro atoms. The molecule has 0 radical (unpaired) electrons. The highest BCUT2D eigenvalue weighted by atomic mass is 16.4. The zero-order valence-corrected chi connectivity index (χ0v) is 15.9. The molecule has 1 amide bonds. The van der Waals surface area contributed by atoms with E-state index in [1.165, 1.54) is 5.56 Å². The van der Waals surface area contributed by atoms with Crippen molar-refractivity contribution < 1.29 is 9.21 Å². The van der Waals surface area contributed by atoms with Gasteiger partial charge in [-0.2, -0.15) is 4.98 Å². The summed E-state index contributed by atoms with van der Waals surface area (Å²) in [7, 11) is 0. The Labute approximate surface area is 164 Å². The van der Waals surface area contributed by atoms with Gasteiger partial charge >= 0.3 is 0 Å². The van der Waals surface area contributed by atoms with Gasteiger partial charge in [-0.05, 0) is 43.4 Å². The number of hydrogen-bond donors (Lipinski definition) is 1. The molecule has 1 aliphatic carbocycles. The number of aromatic nitrogens is 1. The van der Waals surface area contributed by atoms with Crippen molar-refractivity contribution in [2.24, 2.45) is 5.92 Å². The van der Waals surface area contributed by atoms with Crippen LogP contribution in [-0.2, 0) is 10.2 Å². The van der Waals surface area contributed by atoms with Gasteiger partial charge in [0.25, 0.3) is 6.01 Å². The number of piperidine rings is 1. The van der Waals surface area contributed by atoms with E-state index in [0.29, 0.717) is 6.01 Å². The van der Waals surface area contributed by atoms with E-state index in [-0.39, 0.29) is 17.2 Å². The van der Waals surface area contributed by atoms with Crippen molar-refractivity contribution in [3.05, 3.63) is 60.2 Å². The molecule has 2 aliphatic rings. The second kappa shape index (κ2) is 6.97. The lowest BCUT2D eigenvalue weighted by molar-refractivity contribution is -0.125. The highest BCUT2D eigenvalue weighted by Crippen LogP contribution is 2.47. The third-order valence-corrected chi connectivity index (χ3v) is 6.26. The zero-order valence-electron chi connectivity index (χ0n) is 15.9. The monoisotopic (exact) mass is 375 g/mol. The van der Waals surface area contributed by atoms with Crippen LogP contribution < -0.4 is 10.2 Å². The molecule has 1 aliphatic heterocycles. The Morgan fingerprint density at radius 3 is 2.50 bits per heavy atom. The first-order valence-electron chi connectivity index (χ1n) is 10.2. The third-order valence-electron chi connectivity index (χ3n) is 6.26. The fraction of sp³-hybridized carbons (Fsp3) is 0.391. The lowest BCUT2D eigenvalue weighted by atomic mass is 9.93. The fourth-order valence-electron chi connectivity index (χ4n) is 4.24. The smallest absolute Gasteiger partial charge is 0.298 e. The summed E-state index contributed by atoms with van der Waals surface area (Å²) < 4.78 is 5.87. The maximum Gasteiger partial charge on any atom is 0.298 e. The van der Waals surface area contributed by atoms with Gasteiger partial charge in [0.15, 0.2) is 5.58 Å². The van der Waals surface area contributed by atoms with Crippen molar-refractivity contribution in [2.45, 2.75) is 31.1 Å². The second-order valence-corrected chi connectivity index (χ2v) is 8.09. The third kappa shape index (κ3) is 3.26. The number of hydrogen-bond acceptors (Lipinski definition) is 4. The molecule has 0 bridgehead atoms. The first-order valence-corrected chi connectivity index (χ1v) is 10.2. The molecular weight excluding hydrogens is 350 g/mol. The van der Waals surface area contributed by atoms with E-state index in [4.69, 9.17) is 4.42 Å². The molecule has 0 atom stereocenters. The van der Waals surface area contributed by atoms with Gasteiger partial charge in [0.2, 0.25) is 5.91 Å². The molecule has 2 aromatic carbocycles. The topological polar surface area (TPSA) is 58.4 Å². The molecule has 5 heteroatoms. The van der Waals surface area contributed by atoms with Crippen LogP contribution in [0.3, 0.4) is 0 Å². The summed E-state index contributed by atoms with van der Waals surface area (Å²) in [6.07, 6.45) is 3.99. The van der Waals surface area contributed by atoms with Crippen LogP contribution in [0.4, 0.5) is 6.01 Å². The molecule has 1 saturated heterocycles. The van der Waals surface area contributed by atoms with E-state index < -0.39 is 0 Å². The summed E-state index contributed by atoms with van der Waals surface area (Å²) >= 11 is 0. The van der Waals surface area contributed by atoms with E-state index in [0.717, 1.165) is 56.4 Å². The minimum atomic E-state index is 0.0761. The molecule has 2 heterocycles. The summed E-state index contributed by atoms with van der Waals surface area (Å²) in [4.78, 5) is 19.4. The Kier molecular flexibility index (Phi) is 4.30. The Balaban J connectivity index is 1.16. The summed E-state index contributed by atoms with van der Waals surface area (Å²) in [5.41, 5.74) is 3.21. The van der Waals surface area contributed by atoms with Crippen molar-refractivity contribution in [1.82, 2.24) is 10.3 Å². The van der Waals surface area contributed by atoms with Crippen molar-refractivity contribution in [2.75, 3.05) is 24.5 Å². The van der Waals surface area contributed by atoms with Gasteiger partial charge in [-0.15, -0.1) is 0 Å². The quantitative estimate of drug-likeness (QED) is 0.735. The van der Waals surface area contributed by atoms with Crippen molar-refractivity contribution in [1.29, 1.82) is 0 Å². The predicted molar refractivity (Wildman–Crippen MR) is 109 cm³/mol. The van der Waals surface area contributed by atoms with Crippen LogP contribution >= 0.6 is 0 Å². The number of para-hydroxylation sites is 2. The molecule has 144 valence electrons. The van der Waals surface area contributed by atoms with E-state index in [2.05, 4.69) is 39.5 Å². The molecule has 3 aromatic rings. The van der Waals surface area contributed by atoms with Crippen LogP contribution in [0.5, 0.6) is 0 Å². The summed E-state index contributed by atoms with van der Waals surface area (Å²) in [5, 5.41) is 3.23. The van der Waals surface area contributed by atoms with Crippen molar-refractivity contribution in [3.63, 3.8) is 0 Å². The Morgan fingerprint density at radius 1 is 1.07 bits per heavy atom. The van der Waals surface area contributed by atoms with Gasteiger partial charge in [0.05, 0.1) is 0 Å². The number of fused-ring (bicyclic) bond motifs is 1. The second-order valence-electron chi connectivity index (χ2n) is 8.09. The van der Waals surface area contributed by atoms with Crippen LogP contribution in [0.1, 0.15) is 31.2 Å². The largest absolute Gasteiger partial charge is 0.423 e. The number of carbonyl (C=O) groups excluding carboxylic acids is 1. The number of carbonyl (C=O) groups is 1. The number of anilines is 1. The molecule has 1 N–H and O–H groups in total. The molecule has 5 nitrogen and oxygen atoms in total. The SMILES string of the molecule is O=C(NCC1(c2ccccc2)CC1)C1CCN(c2nc3ccccc3o2)CC1. The van der Waals surface area contributed by atoms with Gasteiger partial charge in [-0.3, -0.25) is 4.79 Å². The number of amides is 1. The first kappa shape index (κ1) is 17.3. The molecule has 1 saturated carbocycles. The number of benzene rings is 2. The van der Waals surface area contributed by atoms with Crippen LogP contribution in [-0.4, -0.2) is 30.5 Å². The van der Waals surface area contributed by atoms with Gasteiger partial charge in [-0.1, -0.05) is 42.5 Å². The van der Waals surface area contributed by atoms with E-state index in [1.54, 1.807) is 0 Å². The summed E-state index contributed by atoms with van der Waals surface area (Å²) in [6, 6.07) is 19.1. The molecule has 1 aromatic heterocycles. The highest BCUT2D eigenvalue weighted by molar-refractivity contribution is 5.79. The number of nitrogens with one attached hydrogen (secondary N) is 1. The number of rotatable bonds is 5. The Hall–Kier alpha value is -2.82. The normalized spacial score (nSPS) is 18.9. The van der Waals surface area contributed by atoms with Gasteiger partial charge in [0.1, 0.15) is 5.52 Å². The molecule has 28 heavy (non-hydrogen) atoms. The standard InChI is InChI=1S/C23H25N3O2/c27-21(24-16-23(12-13-23)18-6-2-1-3-7-18)17-10-14-26(15-11-17)22-25-19-8-4-5-9-20(19)28-22/h1-9,17H,10-16H2,(H,24,27). The van der Waals surface area contributed by atoms with E-state index in [9.17, 15) is 4.79 Å². The van der Waals surface area contributed by atoms with E-state index in [1.807, 2.05) is 30.3 Å². The fourth-order valence-corrected chi connectivity index (χ4v) is 4.24. The van der Waals surface area contributed by atoms with Gasteiger partial charge in [0, 0.05) is 31.0 Å². The van der Waals surface area contributed by atoms with Gasteiger partial charge in [-0.25, -0.2) is 0 Å². The number of nitrogens with zero attached hydrogens (tertiary/aromatic N) is 2. The van der Waals surface area contributed by atoms with Crippen LogP contribution in [0, 0.1) is 5.92 Å². The molecule has 0 unspecified atom stereocenters. The highest BCUT2D eigenvalue weighted by Gasteiger charge is 2.44. The van der Waals surface area contributed by atoms with Gasteiger partial charge < -0.3 is 14.6 Å². The zero-order chi connectivity index (χ0) is 19.0. The average molecular weight is 375 g/mol. The van der Waals surface area contributed by atoms with Crippen molar-refractivity contribution in [3.8, 4) is 0 Å². The Bertz CT molecular complexity index is 937. The summed E-state index contributed by atoms with van der Waals surface area (Å²) in [5.74, 6) is 0.270. The lowest BCUT2D eigenvalue weighted by Gasteiger charge is -2.30. The molecule has 5 rings (SSSR count). The minimum absolute atomic E-state index is 0.0761. The Morgan fingerprint density at radius 2 is 1.79 bits per heavy atom. The lowest BCUT2D eigenvalue weighted by Crippen LogP contribution is -2.42. The predicted octanol–water partition coefficient (Wildman–Crippen LogP) is 3.89. The minimum Gasteiger partial charge on any atom is -0.423 e. The van der Waals surface area contributed by atoms with Crippen LogP contribution in [0.2, 0.25) is 0 Å². The first-order chi connectivity index (χ1) is 13.7. The summed E-state index contributed by atoms with van der Waals surface area (Å²) in [6.45, 7) is 2.35. The van der Waals surface area contributed by atoms with Crippen LogP contribution in [0.15, 0.2) is 59.0 Å². The maximum absolute atomic E-state index is 12.7.